The third-order valence-corrected chi connectivity index (χ3v) is 5.73. The number of halogens is 1. The quantitative estimate of drug-likeness (QED) is 0.563. The molecule has 3 amide bonds. The van der Waals surface area contributed by atoms with E-state index >= 15 is 4.39 Å². The summed E-state index contributed by atoms with van der Waals surface area (Å²) < 4.78 is 15.8. The number of pyridine rings is 1. The molecule has 0 fully saturated rings. The average Bonchev–Trinajstić information content (AvgIpc) is 3.06. The first kappa shape index (κ1) is 22.3. The minimum Gasteiger partial charge on any atom is -0.344 e. The molecule has 2 heterocycles. The second-order valence-electron chi connectivity index (χ2n) is 8.51. The molecule has 168 valence electrons. The maximum absolute atomic E-state index is 15.8. The van der Waals surface area contributed by atoms with Gasteiger partial charge in [-0.15, -0.1) is 0 Å². The number of hydrogen-bond donors (Lipinski definition) is 1. The third-order valence-electron chi connectivity index (χ3n) is 5.73. The zero-order chi connectivity index (χ0) is 23.6. The molecule has 4 rings (SSSR count). The van der Waals surface area contributed by atoms with Crippen molar-refractivity contribution in [3.63, 3.8) is 0 Å². The van der Waals surface area contributed by atoms with Crippen LogP contribution in [0, 0.1) is 0 Å². The van der Waals surface area contributed by atoms with Crippen LogP contribution < -0.4 is 5.32 Å². The van der Waals surface area contributed by atoms with Crippen molar-refractivity contribution in [2.75, 3.05) is 0 Å². The number of carbonyl (C=O) groups excluding carboxylic acids is 3. The predicted molar refractivity (Wildman–Crippen MR) is 121 cm³/mol. The average molecular weight is 445 g/mol. The molecule has 0 radical (unpaired) electrons. The lowest BCUT2D eigenvalue weighted by Crippen LogP contribution is -2.58. The Bertz CT molecular complexity index is 1150. The van der Waals surface area contributed by atoms with E-state index in [9.17, 15) is 14.4 Å². The van der Waals surface area contributed by atoms with Crippen LogP contribution in [0.15, 0.2) is 79.0 Å². The number of aromatic nitrogens is 1. The Morgan fingerprint density at radius 2 is 1.52 bits per heavy atom. The van der Waals surface area contributed by atoms with Crippen LogP contribution >= 0.6 is 0 Å². The van der Waals surface area contributed by atoms with Crippen molar-refractivity contribution < 1.29 is 18.8 Å². The maximum Gasteiger partial charge on any atom is 0.262 e. The summed E-state index contributed by atoms with van der Waals surface area (Å²) in [4.78, 5) is 44.7. The first-order valence-electron chi connectivity index (χ1n) is 10.7. The van der Waals surface area contributed by atoms with Gasteiger partial charge in [-0.05, 0) is 43.7 Å². The normalized spacial score (nSPS) is 15.2. The smallest absolute Gasteiger partial charge is 0.262 e. The molecule has 0 saturated carbocycles. The minimum atomic E-state index is -1.81. The summed E-state index contributed by atoms with van der Waals surface area (Å²) in [5, 5.41) is 2.80. The second kappa shape index (κ2) is 8.94. The van der Waals surface area contributed by atoms with Gasteiger partial charge in [0.05, 0.1) is 22.4 Å². The van der Waals surface area contributed by atoms with Crippen molar-refractivity contribution in [3.8, 4) is 0 Å². The molecule has 0 aliphatic carbocycles. The fraction of sp³-hybridized carbons (Fsp3) is 0.231. The monoisotopic (exact) mass is 445 g/mol. The number of amides is 3. The molecule has 0 spiro atoms. The van der Waals surface area contributed by atoms with E-state index in [4.69, 9.17) is 0 Å². The fourth-order valence-corrected chi connectivity index (χ4v) is 4.03. The minimum absolute atomic E-state index is 0.129. The summed E-state index contributed by atoms with van der Waals surface area (Å²) >= 11 is 0. The van der Waals surface area contributed by atoms with E-state index in [-0.39, 0.29) is 17.5 Å². The van der Waals surface area contributed by atoms with E-state index in [0.29, 0.717) is 11.3 Å². The third kappa shape index (κ3) is 4.39. The van der Waals surface area contributed by atoms with Crippen LogP contribution in [0.1, 0.15) is 45.8 Å². The number of imide groups is 1. The number of fused-ring (bicyclic) bond motifs is 1. The van der Waals surface area contributed by atoms with Crippen LogP contribution in [-0.2, 0) is 16.8 Å². The van der Waals surface area contributed by atoms with Crippen molar-refractivity contribution in [2.45, 2.75) is 38.0 Å². The van der Waals surface area contributed by atoms with Gasteiger partial charge < -0.3 is 5.32 Å². The van der Waals surface area contributed by atoms with E-state index in [2.05, 4.69) is 10.3 Å². The zero-order valence-electron chi connectivity index (χ0n) is 18.4. The van der Waals surface area contributed by atoms with E-state index in [1.807, 2.05) is 0 Å². The van der Waals surface area contributed by atoms with Gasteiger partial charge in [0.15, 0.2) is 6.04 Å². The van der Waals surface area contributed by atoms with Crippen molar-refractivity contribution in [1.29, 1.82) is 0 Å². The molecule has 0 bridgehead atoms. The van der Waals surface area contributed by atoms with E-state index in [0.717, 1.165) is 4.90 Å². The highest BCUT2D eigenvalue weighted by Gasteiger charge is 2.47. The van der Waals surface area contributed by atoms with Crippen molar-refractivity contribution in [3.05, 3.63) is 101 Å². The molecule has 1 aromatic heterocycles. The number of rotatable bonds is 7. The van der Waals surface area contributed by atoms with Gasteiger partial charge in [-0.2, -0.15) is 0 Å². The maximum atomic E-state index is 15.8. The summed E-state index contributed by atoms with van der Waals surface area (Å²) in [5.74, 6) is -2.12. The molecular formula is C26H24FN3O3. The Morgan fingerprint density at radius 3 is 2.09 bits per heavy atom. The molecule has 1 aliphatic heterocycles. The van der Waals surface area contributed by atoms with Gasteiger partial charge in [0.2, 0.25) is 5.91 Å². The molecule has 2 atom stereocenters. The predicted octanol–water partition coefficient (Wildman–Crippen LogP) is 3.68. The van der Waals surface area contributed by atoms with Crippen molar-refractivity contribution in [1.82, 2.24) is 15.2 Å². The molecule has 7 heteroatoms. The molecule has 0 saturated heterocycles. The number of alkyl halides is 1. The van der Waals surface area contributed by atoms with Crippen LogP contribution in [0.4, 0.5) is 4.39 Å². The van der Waals surface area contributed by atoms with Crippen LogP contribution in [0.25, 0.3) is 0 Å². The fourth-order valence-electron chi connectivity index (χ4n) is 4.03. The summed E-state index contributed by atoms with van der Waals surface area (Å²) in [5.41, 5.74) is 0.593. The van der Waals surface area contributed by atoms with E-state index < -0.39 is 35.5 Å². The molecule has 33 heavy (non-hydrogen) atoms. The van der Waals surface area contributed by atoms with Crippen LogP contribution in [0.5, 0.6) is 0 Å². The number of nitrogens with zero attached hydrogens (tertiary/aromatic N) is 2. The van der Waals surface area contributed by atoms with Gasteiger partial charge in [0, 0.05) is 12.6 Å². The molecular weight excluding hydrogens is 421 g/mol. The van der Waals surface area contributed by atoms with Gasteiger partial charge in [-0.1, -0.05) is 48.5 Å². The second-order valence-corrected chi connectivity index (χ2v) is 8.51. The Balaban J connectivity index is 1.68. The van der Waals surface area contributed by atoms with Gasteiger partial charge in [0.25, 0.3) is 11.8 Å². The highest BCUT2D eigenvalue weighted by Crippen LogP contribution is 2.28. The lowest BCUT2D eigenvalue weighted by molar-refractivity contribution is -0.128. The highest BCUT2D eigenvalue weighted by atomic mass is 19.1. The van der Waals surface area contributed by atoms with Gasteiger partial charge >= 0.3 is 0 Å². The number of carbonyl (C=O) groups is 3. The molecule has 1 aliphatic rings. The van der Waals surface area contributed by atoms with Crippen molar-refractivity contribution in [2.24, 2.45) is 0 Å². The number of nitrogens with one attached hydrogen (secondary N) is 1. The lowest BCUT2D eigenvalue weighted by Gasteiger charge is -2.33. The Morgan fingerprint density at radius 1 is 0.939 bits per heavy atom. The van der Waals surface area contributed by atoms with Crippen LogP contribution in [0.2, 0.25) is 0 Å². The van der Waals surface area contributed by atoms with E-state index in [1.165, 1.54) is 12.1 Å². The largest absolute Gasteiger partial charge is 0.344 e. The molecule has 3 aromatic rings. The summed E-state index contributed by atoms with van der Waals surface area (Å²) in [7, 11) is 0. The van der Waals surface area contributed by atoms with Crippen molar-refractivity contribution >= 4 is 17.7 Å². The first-order valence-corrected chi connectivity index (χ1v) is 10.7. The highest BCUT2D eigenvalue weighted by molar-refractivity contribution is 6.23. The molecule has 6 nitrogen and oxygen atoms in total. The van der Waals surface area contributed by atoms with Gasteiger partial charge in [-0.25, -0.2) is 4.39 Å². The van der Waals surface area contributed by atoms with Crippen LogP contribution in [0.3, 0.4) is 0 Å². The standard InChI is InChI=1S/C26H24FN3O3/c1-26(2,21-14-8-9-15-28-21)29-23(31)22(20(27)16-17-10-4-3-5-11-17)30-24(32)18-12-6-7-13-19(18)25(30)33/h3-15,20,22H,16H2,1-2H3,(H,29,31)/t20-,22-/m0/s1. The lowest BCUT2D eigenvalue weighted by atomic mass is 9.96. The molecule has 0 unspecified atom stereocenters. The van der Waals surface area contributed by atoms with Crippen LogP contribution in [-0.4, -0.2) is 39.8 Å². The van der Waals surface area contributed by atoms with Gasteiger partial charge in [-0.3, -0.25) is 24.3 Å². The Hall–Kier alpha value is -3.87. The number of hydrogen-bond acceptors (Lipinski definition) is 4. The summed E-state index contributed by atoms with van der Waals surface area (Å²) in [6, 6.07) is 18.7. The topological polar surface area (TPSA) is 79.4 Å². The van der Waals surface area contributed by atoms with Gasteiger partial charge in [0.1, 0.15) is 6.17 Å². The molecule has 2 aromatic carbocycles. The van der Waals surface area contributed by atoms with E-state index in [1.54, 1.807) is 80.7 Å². The number of benzene rings is 2. The summed E-state index contributed by atoms with van der Waals surface area (Å²) in [6.45, 7) is 3.47. The Kier molecular flexibility index (Phi) is 6.05. The Labute approximate surface area is 191 Å². The molecule has 1 N–H and O–H groups in total. The SMILES string of the molecule is CC(C)(NC(=O)[C@H]([C@@H](F)Cc1ccccc1)N1C(=O)c2ccccc2C1=O)c1ccccn1. The zero-order valence-corrected chi connectivity index (χ0v) is 18.4. The summed E-state index contributed by atoms with van der Waals surface area (Å²) in [6.07, 6.45) is -0.344. The first-order chi connectivity index (χ1) is 15.8.